The Morgan fingerprint density at radius 2 is 1.36 bits per heavy atom. The Morgan fingerprint density at radius 1 is 1.00 bits per heavy atom. The summed E-state index contributed by atoms with van der Waals surface area (Å²) in [6, 6.07) is 0. The molecule has 0 radical (unpaired) electrons. The van der Waals surface area contributed by atoms with E-state index < -0.39 is 0 Å². The number of aliphatic hydroxyl groups is 2. The summed E-state index contributed by atoms with van der Waals surface area (Å²) in [7, 11) is 0. The lowest BCUT2D eigenvalue weighted by molar-refractivity contribution is 0.234. The highest BCUT2D eigenvalue weighted by molar-refractivity contribution is 4.41. The van der Waals surface area contributed by atoms with E-state index in [4.69, 9.17) is 10.2 Å². The molecule has 0 aromatic carbocycles. The van der Waals surface area contributed by atoms with Crippen LogP contribution in [0.2, 0.25) is 0 Å². The maximum Gasteiger partial charge on any atom is 0.0456 e. The molecule has 0 spiro atoms. The van der Waals surface area contributed by atoms with Gasteiger partial charge >= 0.3 is 0 Å². The zero-order valence-corrected chi connectivity index (χ0v) is 8.17. The van der Waals surface area contributed by atoms with Crippen LogP contribution in [0.1, 0.15) is 34.1 Å². The summed E-state index contributed by atoms with van der Waals surface area (Å²) < 4.78 is 0. The van der Waals surface area contributed by atoms with Crippen LogP contribution in [0.15, 0.2) is 0 Å². The van der Waals surface area contributed by atoms with Gasteiger partial charge in [0.1, 0.15) is 0 Å². The van der Waals surface area contributed by atoms with Crippen molar-refractivity contribution < 1.29 is 10.2 Å². The van der Waals surface area contributed by atoms with Crippen molar-refractivity contribution in [3.63, 3.8) is 0 Å². The number of aliphatic hydroxyl groups excluding tert-OH is 2. The van der Waals surface area contributed by atoms with Gasteiger partial charge in [-0.3, -0.25) is 0 Å². The Kier molecular flexibility index (Phi) is 12.2. The monoisotopic (exact) mass is 162 g/mol. The normalized spacial score (nSPS) is 12.3. The van der Waals surface area contributed by atoms with E-state index in [1.165, 1.54) is 0 Å². The SMILES string of the molecule is CC(C)CO.CCC(C)CO. The summed E-state index contributed by atoms with van der Waals surface area (Å²) >= 11 is 0. The average molecular weight is 162 g/mol. The molecular formula is C9H22O2. The van der Waals surface area contributed by atoms with Crippen molar-refractivity contribution in [3.8, 4) is 0 Å². The first kappa shape index (κ1) is 13.5. The van der Waals surface area contributed by atoms with Gasteiger partial charge in [-0.15, -0.1) is 0 Å². The predicted molar refractivity (Wildman–Crippen MR) is 48.5 cm³/mol. The van der Waals surface area contributed by atoms with Crippen LogP contribution in [0, 0.1) is 11.8 Å². The van der Waals surface area contributed by atoms with Crippen molar-refractivity contribution in [1.82, 2.24) is 0 Å². The van der Waals surface area contributed by atoms with Gasteiger partial charge in [0.05, 0.1) is 0 Å². The van der Waals surface area contributed by atoms with Gasteiger partial charge in [-0.1, -0.05) is 34.1 Å². The van der Waals surface area contributed by atoms with Gasteiger partial charge in [0.25, 0.3) is 0 Å². The largest absolute Gasteiger partial charge is 0.396 e. The molecule has 2 N–H and O–H groups in total. The molecule has 0 saturated heterocycles. The topological polar surface area (TPSA) is 40.5 Å². The van der Waals surface area contributed by atoms with E-state index in [1.807, 2.05) is 20.8 Å². The van der Waals surface area contributed by atoms with E-state index in [2.05, 4.69) is 6.92 Å². The second-order valence-electron chi connectivity index (χ2n) is 3.27. The Morgan fingerprint density at radius 3 is 1.36 bits per heavy atom. The van der Waals surface area contributed by atoms with Crippen LogP contribution in [0.5, 0.6) is 0 Å². The van der Waals surface area contributed by atoms with Gasteiger partial charge in [-0.05, 0) is 11.8 Å². The Balaban J connectivity index is 0. The lowest BCUT2D eigenvalue weighted by Gasteiger charge is -1.98. The second-order valence-corrected chi connectivity index (χ2v) is 3.27. The minimum atomic E-state index is 0.306. The van der Waals surface area contributed by atoms with Crippen LogP contribution in [0.4, 0.5) is 0 Å². The van der Waals surface area contributed by atoms with Gasteiger partial charge in [0.15, 0.2) is 0 Å². The fraction of sp³-hybridized carbons (Fsp3) is 1.00. The van der Waals surface area contributed by atoms with E-state index in [0.717, 1.165) is 6.42 Å². The Hall–Kier alpha value is -0.0800. The maximum absolute atomic E-state index is 8.33. The third kappa shape index (κ3) is 17.8. The maximum atomic E-state index is 8.33. The van der Waals surface area contributed by atoms with Crippen molar-refractivity contribution >= 4 is 0 Å². The lowest BCUT2D eigenvalue weighted by Crippen LogP contribution is -1.96. The van der Waals surface area contributed by atoms with Crippen molar-refractivity contribution in [3.05, 3.63) is 0 Å². The second kappa shape index (κ2) is 9.92. The van der Waals surface area contributed by atoms with Crippen LogP contribution in [0.25, 0.3) is 0 Å². The van der Waals surface area contributed by atoms with E-state index in [1.54, 1.807) is 0 Å². The number of hydrogen-bond donors (Lipinski definition) is 2. The Bertz CT molecular complexity index is 58.6. The molecule has 0 heterocycles. The molecule has 70 valence electrons. The molecule has 2 nitrogen and oxygen atoms in total. The van der Waals surface area contributed by atoms with Crippen LogP contribution in [0.3, 0.4) is 0 Å². The summed E-state index contributed by atoms with van der Waals surface area (Å²) in [5.41, 5.74) is 0. The molecule has 11 heavy (non-hydrogen) atoms. The third-order valence-corrected chi connectivity index (χ3v) is 1.37. The average Bonchev–Trinajstić information content (AvgIpc) is 2.04. The third-order valence-electron chi connectivity index (χ3n) is 1.37. The molecule has 0 aliphatic heterocycles. The van der Waals surface area contributed by atoms with Crippen LogP contribution >= 0.6 is 0 Å². The van der Waals surface area contributed by atoms with E-state index in [0.29, 0.717) is 25.0 Å². The summed E-state index contributed by atoms with van der Waals surface area (Å²) in [6.07, 6.45) is 1.08. The van der Waals surface area contributed by atoms with Crippen molar-refractivity contribution in [2.75, 3.05) is 13.2 Å². The molecule has 0 aliphatic rings. The Labute approximate surface area is 70.3 Å². The van der Waals surface area contributed by atoms with Crippen molar-refractivity contribution in [2.45, 2.75) is 34.1 Å². The molecule has 0 rings (SSSR count). The van der Waals surface area contributed by atoms with Crippen LogP contribution < -0.4 is 0 Å². The molecule has 0 aliphatic carbocycles. The minimum Gasteiger partial charge on any atom is -0.396 e. The molecule has 0 aromatic heterocycles. The highest BCUT2D eigenvalue weighted by atomic mass is 16.3. The zero-order valence-electron chi connectivity index (χ0n) is 8.17. The molecular weight excluding hydrogens is 140 g/mol. The molecule has 0 fully saturated rings. The number of rotatable bonds is 3. The van der Waals surface area contributed by atoms with Gasteiger partial charge in [-0.25, -0.2) is 0 Å². The first-order chi connectivity index (χ1) is 5.08. The van der Waals surface area contributed by atoms with Crippen LogP contribution in [-0.4, -0.2) is 23.4 Å². The molecule has 0 amide bonds. The molecule has 2 heteroatoms. The predicted octanol–water partition coefficient (Wildman–Crippen LogP) is 1.66. The quantitative estimate of drug-likeness (QED) is 0.662. The standard InChI is InChI=1S/C5H12O.C4H10O/c1-3-5(2)4-6;1-4(2)3-5/h5-6H,3-4H2,1-2H3;4-5H,3H2,1-2H3. The fourth-order valence-corrected chi connectivity index (χ4v) is 0.129. The van der Waals surface area contributed by atoms with Crippen molar-refractivity contribution in [2.24, 2.45) is 11.8 Å². The zero-order chi connectivity index (χ0) is 9.28. The smallest absolute Gasteiger partial charge is 0.0456 e. The highest BCUT2D eigenvalue weighted by Gasteiger charge is 1.90. The lowest BCUT2D eigenvalue weighted by atomic mass is 10.1. The van der Waals surface area contributed by atoms with Gasteiger partial charge in [-0.2, -0.15) is 0 Å². The van der Waals surface area contributed by atoms with Crippen LogP contribution in [-0.2, 0) is 0 Å². The van der Waals surface area contributed by atoms with E-state index in [-0.39, 0.29) is 0 Å². The summed E-state index contributed by atoms with van der Waals surface area (Å²) in [4.78, 5) is 0. The molecule has 0 saturated carbocycles. The first-order valence-corrected chi connectivity index (χ1v) is 4.30. The number of hydrogen-bond acceptors (Lipinski definition) is 2. The van der Waals surface area contributed by atoms with Gasteiger partial charge in [0, 0.05) is 13.2 Å². The fourth-order valence-electron chi connectivity index (χ4n) is 0.129. The van der Waals surface area contributed by atoms with Gasteiger partial charge in [0.2, 0.25) is 0 Å². The highest BCUT2D eigenvalue weighted by Crippen LogP contribution is 1.95. The van der Waals surface area contributed by atoms with E-state index in [9.17, 15) is 0 Å². The molecule has 1 unspecified atom stereocenters. The molecule has 0 bridgehead atoms. The summed E-state index contributed by atoms with van der Waals surface area (Å²) in [6.45, 7) is 8.68. The van der Waals surface area contributed by atoms with Crippen molar-refractivity contribution in [1.29, 1.82) is 0 Å². The molecule has 0 aromatic rings. The van der Waals surface area contributed by atoms with Gasteiger partial charge < -0.3 is 10.2 Å². The summed E-state index contributed by atoms with van der Waals surface area (Å²) in [5.74, 6) is 0.931. The summed E-state index contributed by atoms with van der Waals surface area (Å²) in [5, 5.41) is 16.5. The molecule has 1 atom stereocenters. The van der Waals surface area contributed by atoms with E-state index >= 15 is 0 Å². The first-order valence-electron chi connectivity index (χ1n) is 4.30. The minimum absolute atomic E-state index is 0.306.